The number of anilines is 1. The van der Waals surface area contributed by atoms with Crippen LogP contribution in [0.2, 0.25) is 0 Å². The van der Waals surface area contributed by atoms with Crippen molar-refractivity contribution >= 4 is 23.7 Å². The summed E-state index contributed by atoms with van der Waals surface area (Å²) in [6.45, 7) is 3.62. The molecule has 0 saturated heterocycles. The van der Waals surface area contributed by atoms with Crippen LogP contribution < -0.4 is 4.90 Å². The van der Waals surface area contributed by atoms with E-state index in [0.29, 0.717) is 0 Å². The molecule has 0 bridgehead atoms. The molecule has 0 unspecified atom stereocenters. The molecule has 0 aromatic carbocycles. The fraction of sp³-hybridized carbons (Fsp3) is 0.375. The Morgan fingerprint density at radius 2 is 2.00 bits per heavy atom. The summed E-state index contributed by atoms with van der Waals surface area (Å²) in [5, 5.41) is 0. The lowest BCUT2D eigenvalue weighted by Crippen LogP contribution is -2.43. The Morgan fingerprint density at radius 3 is 2.54 bits per heavy atom. The largest absolute Gasteiger partial charge is 0.488 e. The Kier molecular flexibility index (Phi) is 5.18. The van der Waals surface area contributed by atoms with Crippen molar-refractivity contribution in [1.82, 2.24) is 4.98 Å². The molecule has 1 amide bonds. The van der Waals surface area contributed by atoms with Crippen molar-refractivity contribution in [3.8, 4) is 0 Å². The van der Waals surface area contributed by atoms with Gasteiger partial charge in [0.2, 0.25) is 0 Å². The van der Waals surface area contributed by atoms with Gasteiger partial charge in [0.1, 0.15) is 11.4 Å². The number of nitrogens with zero attached hydrogens (tertiary/aromatic N) is 2. The molecule has 1 aliphatic heterocycles. The van der Waals surface area contributed by atoms with Gasteiger partial charge in [-0.3, -0.25) is 9.69 Å². The number of aromatic nitrogens is 1. The van der Waals surface area contributed by atoms with Crippen molar-refractivity contribution in [2.45, 2.75) is 19.9 Å². The first-order valence-corrected chi connectivity index (χ1v) is 7.25. The second-order valence-electron chi connectivity index (χ2n) is 4.96. The average molecular weight is 334 g/mol. The molecule has 1 atom stereocenters. The lowest BCUT2D eigenvalue weighted by Gasteiger charge is -2.23. The smallest absolute Gasteiger partial charge is 0.340 e. The van der Waals surface area contributed by atoms with E-state index in [1.165, 1.54) is 13.3 Å². The molecule has 2 heterocycles. The topological polar surface area (TPSA) is 95.0 Å². The first kappa shape index (κ1) is 17.5. The van der Waals surface area contributed by atoms with Crippen molar-refractivity contribution in [1.29, 1.82) is 0 Å². The highest BCUT2D eigenvalue weighted by Crippen LogP contribution is 2.32. The molecule has 0 radical (unpaired) electrons. The molecule has 8 nitrogen and oxygen atoms in total. The summed E-state index contributed by atoms with van der Waals surface area (Å²) in [6.07, 6.45) is 1.50. The molecule has 1 aromatic heterocycles. The Bertz CT molecular complexity index is 712. The van der Waals surface area contributed by atoms with Gasteiger partial charge in [-0.05, 0) is 31.5 Å². The zero-order valence-corrected chi connectivity index (χ0v) is 13.9. The summed E-state index contributed by atoms with van der Waals surface area (Å²) in [5.41, 5.74) is 0.639. The average Bonchev–Trinajstić information content (AvgIpc) is 2.86. The summed E-state index contributed by atoms with van der Waals surface area (Å²) < 4.78 is 14.8. The van der Waals surface area contributed by atoms with Gasteiger partial charge in [0.25, 0.3) is 5.91 Å². The summed E-state index contributed by atoms with van der Waals surface area (Å²) >= 11 is 0. The highest BCUT2D eigenvalue weighted by atomic mass is 16.5. The second-order valence-corrected chi connectivity index (χ2v) is 4.96. The zero-order valence-electron chi connectivity index (χ0n) is 13.9. The molecule has 0 fully saturated rings. The van der Waals surface area contributed by atoms with Gasteiger partial charge in [0.15, 0.2) is 11.8 Å². The Balaban J connectivity index is 2.62. The van der Waals surface area contributed by atoms with Gasteiger partial charge in [0.05, 0.1) is 20.8 Å². The van der Waals surface area contributed by atoms with Gasteiger partial charge >= 0.3 is 11.9 Å². The molecule has 128 valence electrons. The number of esters is 2. The SMILES string of the molecule is CCOC1=C(C(=O)OC)[C@@H](C(=O)OC)N(c2cc(C)ccn2)C1=O. The molecule has 0 saturated carbocycles. The number of ether oxygens (including phenoxy) is 3. The van der Waals surface area contributed by atoms with E-state index in [2.05, 4.69) is 4.98 Å². The van der Waals surface area contributed by atoms with Gasteiger partial charge in [-0.2, -0.15) is 0 Å². The minimum atomic E-state index is -1.31. The van der Waals surface area contributed by atoms with Crippen molar-refractivity contribution in [3.05, 3.63) is 35.2 Å². The molecule has 0 N–H and O–H groups in total. The second kappa shape index (κ2) is 7.12. The van der Waals surface area contributed by atoms with Crippen LogP contribution in [0.3, 0.4) is 0 Å². The zero-order chi connectivity index (χ0) is 17.9. The quantitative estimate of drug-likeness (QED) is 0.733. The van der Waals surface area contributed by atoms with Crippen LogP contribution in [0.5, 0.6) is 0 Å². The molecule has 1 aliphatic rings. The van der Waals surface area contributed by atoms with Crippen LogP contribution >= 0.6 is 0 Å². The standard InChI is InChI=1S/C16H18N2O6/c1-5-24-13-11(15(20)22-3)12(16(21)23-4)18(14(13)19)10-8-9(2)6-7-17-10/h6-8,12H,5H2,1-4H3/t12-/m0/s1. The molecule has 0 aliphatic carbocycles. The van der Waals surface area contributed by atoms with Gasteiger partial charge < -0.3 is 14.2 Å². The number of methoxy groups -OCH3 is 2. The van der Waals surface area contributed by atoms with E-state index >= 15 is 0 Å². The van der Waals surface area contributed by atoms with Crippen molar-refractivity contribution < 1.29 is 28.6 Å². The van der Waals surface area contributed by atoms with Gasteiger partial charge in [-0.15, -0.1) is 0 Å². The van der Waals surface area contributed by atoms with E-state index in [1.54, 1.807) is 19.1 Å². The van der Waals surface area contributed by atoms with E-state index in [9.17, 15) is 14.4 Å². The summed E-state index contributed by atoms with van der Waals surface area (Å²) in [7, 11) is 2.33. The van der Waals surface area contributed by atoms with E-state index < -0.39 is 23.9 Å². The van der Waals surface area contributed by atoms with E-state index in [-0.39, 0.29) is 23.8 Å². The maximum absolute atomic E-state index is 12.8. The number of hydrogen-bond acceptors (Lipinski definition) is 7. The van der Waals surface area contributed by atoms with Crippen molar-refractivity contribution in [3.63, 3.8) is 0 Å². The Morgan fingerprint density at radius 1 is 1.29 bits per heavy atom. The molecular weight excluding hydrogens is 316 g/mol. The highest BCUT2D eigenvalue weighted by Gasteiger charge is 2.50. The maximum Gasteiger partial charge on any atom is 0.340 e. The minimum Gasteiger partial charge on any atom is -0.488 e. The Labute approximate surface area is 139 Å². The lowest BCUT2D eigenvalue weighted by atomic mass is 10.1. The first-order valence-electron chi connectivity index (χ1n) is 7.25. The summed E-state index contributed by atoms with van der Waals surface area (Å²) in [6, 6.07) is 2.05. The van der Waals surface area contributed by atoms with Crippen LogP contribution in [0.1, 0.15) is 12.5 Å². The molecule has 2 rings (SSSR count). The van der Waals surface area contributed by atoms with Crippen LogP contribution in [0.25, 0.3) is 0 Å². The molecule has 24 heavy (non-hydrogen) atoms. The monoisotopic (exact) mass is 334 g/mol. The molecular formula is C16H18N2O6. The normalized spacial score (nSPS) is 17.1. The number of pyridine rings is 1. The lowest BCUT2D eigenvalue weighted by molar-refractivity contribution is -0.144. The number of amides is 1. The fourth-order valence-corrected chi connectivity index (χ4v) is 2.42. The summed E-state index contributed by atoms with van der Waals surface area (Å²) in [5.74, 6) is -2.29. The number of aryl methyl sites for hydroxylation is 1. The van der Waals surface area contributed by atoms with Crippen LogP contribution in [-0.2, 0) is 28.6 Å². The summed E-state index contributed by atoms with van der Waals surface area (Å²) in [4.78, 5) is 42.4. The van der Waals surface area contributed by atoms with Gasteiger partial charge in [0, 0.05) is 6.20 Å². The third kappa shape index (κ3) is 2.94. The number of carbonyl (C=O) groups excluding carboxylic acids is 3. The van der Waals surface area contributed by atoms with Crippen LogP contribution in [-0.4, -0.2) is 49.7 Å². The predicted octanol–water partition coefficient (Wildman–Crippen LogP) is 0.742. The number of rotatable bonds is 5. The number of hydrogen-bond donors (Lipinski definition) is 0. The molecule has 8 heteroatoms. The predicted molar refractivity (Wildman–Crippen MR) is 82.9 cm³/mol. The highest BCUT2D eigenvalue weighted by molar-refractivity contribution is 6.19. The molecule has 0 spiro atoms. The van der Waals surface area contributed by atoms with Gasteiger partial charge in [-0.1, -0.05) is 0 Å². The van der Waals surface area contributed by atoms with Crippen molar-refractivity contribution in [2.24, 2.45) is 0 Å². The van der Waals surface area contributed by atoms with Crippen LogP contribution in [0.4, 0.5) is 5.82 Å². The van der Waals surface area contributed by atoms with E-state index in [1.807, 2.05) is 6.92 Å². The maximum atomic E-state index is 12.8. The van der Waals surface area contributed by atoms with Crippen LogP contribution in [0.15, 0.2) is 29.7 Å². The fourth-order valence-electron chi connectivity index (χ4n) is 2.42. The van der Waals surface area contributed by atoms with Crippen molar-refractivity contribution in [2.75, 3.05) is 25.7 Å². The van der Waals surface area contributed by atoms with Gasteiger partial charge in [-0.25, -0.2) is 14.6 Å². The third-order valence-corrected chi connectivity index (χ3v) is 3.46. The van der Waals surface area contributed by atoms with E-state index in [0.717, 1.165) is 17.6 Å². The minimum absolute atomic E-state index is 0.143. The van der Waals surface area contributed by atoms with Crippen LogP contribution in [0, 0.1) is 6.92 Å². The Hall–Kier alpha value is -2.90. The molecule has 1 aromatic rings. The number of carbonyl (C=O) groups is 3. The van der Waals surface area contributed by atoms with E-state index in [4.69, 9.17) is 14.2 Å². The first-order chi connectivity index (χ1) is 11.5. The third-order valence-electron chi connectivity index (χ3n) is 3.46.